The molecule has 5 heteroatoms. The lowest BCUT2D eigenvalue weighted by Gasteiger charge is -2.28. The lowest BCUT2D eigenvalue weighted by Crippen LogP contribution is -2.43. The summed E-state index contributed by atoms with van der Waals surface area (Å²) in [5.41, 5.74) is 0.181. The van der Waals surface area contributed by atoms with Gasteiger partial charge in [-0.1, -0.05) is 12.1 Å². The molecule has 110 valence electrons. The molecular weight excluding hydrogens is 262 g/mol. The molecule has 1 aromatic carbocycles. The Labute approximate surface area is 117 Å². The minimum Gasteiger partial charge on any atom is -0.349 e. The van der Waals surface area contributed by atoms with Gasteiger partial charge in [-0.25, -0.2) is 8.78 Å². The van der Waals surface area contributed by atoms with Crippen molar-refractivity contribution in [2.24, 2.45) is 5.92 Å². The molecule has 2 rings (SSSR count). The average Bonchev–Trinajstić information content (AvgIpc) is 2.41. The normalized spacial score (nSPS) is 24.2. The quantitative estimate of drug-likeness (QED) is 0.894. The van der Waals surface area contributed by atoms with Crippen LogP contribution in [0.3, 0.4) is 0 Å². The largest absolute Gasteiger partial charge is 0.349 e. The SMILES string of the molecule is CC(NC(=O)[C@H]1CCN[C@@H](C)C1)c1cccc(F)c1F. The van der Waals surface area contributed by atoms with Gasteiger partial charge in [0.1, 0.15) is 0 Å². The van der Waals surface area contributed by atoms with Crippen molar-refractivity contribution in [3.8, 4) is 0 Å². The first kappa shape index (κ1) is 14.9. The molecular formula is C15H20F2N2O. The van der Waals surface area contributed by atoms with Crippen LogP contribution in [-0.2, 0) is 4.79 Å². The van der Waals surface area contributed by atoms with Crippen LogP contribution in [-0.4, -0.2) is 18.5 Å². The van der Waals surface area contributed by atoms with Crippen LogP contribution in [0.4, 0.5) is 8.78 Å². The van der Waals surface area contributed by atoms with Crippen molar-refractivity contribution in [3.63, 3.8) is 0 Å². The Hall–Kier alpha value is -1.49. The predicted octanol–water partition coefficient (Wildman–Crippen LogP) is 2.53. The van der Waals surface area contributed by atoms with E-state index in [1.807, 2.05) is 6.92 Å². The van der Waals surface area contributed by atoms with Gasteiger partial charge in [-0.3, -0.25) is 4.79 Å². The molecule has 2 N–H and O–H groups in total. The number of benzene rings is 1. The third-order valence-corrected chi connectivity index (χ3v) is 3.80. The first-order valence-electron chi connectivity index (χ1n) is 6.96. The van der Waals surface area contributed by atoms with Crippen LogP contribution in [0.5, 0.6) is 0 Å². The van der Waals surface area contributed by atoms with E-state index < -0.39 is 17.7 Å². The van der Waals surface area contributed by atoms with E-state index in [0.29, 0.717) is 6.04 Å². The second-order valence-electron chi connectivity index (χ2n) is 5.45. The molecule has 20 heavy (non-hydrogen) atoms. The van der Waals surface area contributed by atoms with E-state index in [0.717, 1.165) is 25.5 Å². The highest BCUT2D eigenvalue weighted by molar-refractivity contribution is 5.79. The van der Waals surface area contributed by atoms with Gasteiger partial charge in [-0.05, 0) is 39.3 Å². The van der Waals surface area contributed by atoms with E-state index in [-0.39, 0.29) is 17.4 Å². The number of nitrogens with one attached hydrogen (secondary N) is 2. The molecule has 1 amide bonds. The third-order valence-electron chi connectivity index (χ3n) is 3.80. The lowest BCUT2D eigenvalue weighted by molar-refractivity contribution is -0.126. The highest BCUT2D eigenvalue weighted by Gasteiger charge is 2.26. The molecule has 0 spiro atoms. The number of hydrogen-bond acceptors (Lipinski definition) is 2. The third kappa shape index (κ3) is 3.33. The fraction of sp³-hybridized carbons (Fsp3) is 0.533. The summed E-state index contributed by atoms with van der Waals surface area (Å²) < 4.78 is 26.9. The van der Waals surface area contributed by atoms with Gasteiger partial charge in [0.25, 0.3) is 0 Å². The summed E-state index contributed by atoms with van der Waals surface area (Å²) in [7, 11) is 0. The minimum absolute atomic E-state index is 0.0645. The van der Waals surface area contributed by atoms with Crippen LogP contribution >= 0.6 is 0 Å². The summed E-state index contributed by atoms with van der Waals surface area (Å²) in [6, 6.07) is 3.78. The van der Waals surface area contributed by atoms with E-state index in [4.69, 9.17) is 0 Å². The summed E-state index contributed by atoms with van der Waals surface area (Å²) in [5, 5.41) is 6.06. The van der Waals surface area contributed by atoms with Crippen LogP contribution in [0.15, 0.2) is 18.2 Å². The summed E-state index contributed by atoms with van der Waals surface area (Å²) in [6.07, 6.45) is 1.54. The summed E-state index contributed by atoms with van der Waals surface area (Å²) in [4.78, 5) is 12.2. The van der Waals surface area contributed by atoms with Crippen molar-refractivity contribution in [3.05, 3.63) is 35.4 Å². The Morgan fingerprint density at radius 1 is 1.45 bits per heavy atom. The summed E-state index contributed by atoms with van der Waals surface area (Å²) in [6.45, 7) is 4.51. The van der Waals surface area contributed by atoms with Crippen LogP contribution in [0.25, 0.3) is 0 Å². The molecule has 0 saturated carbocycles. The minimum atomic E-state index is -0.890. The molecule has 1 unspecified atom stereocenters. The van der Waals surface area contributed by atoms with Crippen molar-refractivity contribution < 1.29 is 13.6 Å². The van der Waals surface area contributed by atoms with Gasteiger partial charge in [0.05, 0.1) is 6.04 Å². The predicted molar refractivity (Wildman–Crippen MR) is 73.1 cm³/mol. The number of carbonyl (C=O) groups excluding carboxylic acids is 1. The highest BCUT2D eigenvalue weighted by atomic mass is 19.2. The number of hydrogen-bond donors (Lipinski definition) is 2. The zero-order chi connectivity index (χ0) is 14.7. The van der Waals surface area contributed by atoms with Crippen molar-refractivity contribution >= 4 is 5.91 Å². The van der Waals surface area contributed by atoms with Crippen molar-refractivity contribution in [2.45, 2.75) is 38.8 Å². The van der Waals surface area contributed by atoms with Crippen molar-refractivity contribution in [1.29, 1.82) is 0 Å². The number of piperidine rings is 1. The van der Waals surface area contributed by atoms with Gasteiger partial charge in [-0.2, -0.15) is 0 Å². The molecule has 1 heterocycles. The summed E-state index contributed by atoms with van der Waals surface area (Å²) >= 11 is 0. The molecule has 0 radical (unpaired) electrons. The molecule has 1 aromatic rings. The topological polar surface area (TPSA) is 41.1 Å². The molecule has 1 saturated heterocycles. The molecule has 0 aromatic heterocycles. The van der Waals surface area contributed by atoms with E-state index >= 15 is 0 Å². The molecule has 0 bridgehead atoms. The fourth-order valence-corrected chi connectivity index (χ4v) is 2.63. The number of amides is 1. The first-order valence-corrected chi connectivity index (χ1v) is 6.96. The fourth-order valence-electron chi connectivity index (χ4n) is 2.63. The molecule has 1 aliphatic rings. The van der Waals surface area contributed by atoms with Gasteiger partial charge in [0.15, 0.2) is 11.6 Å². The average molecular weight is 282 g/mol. The Morgan fingerprint density at radius 3 is 2.90 bits per heavy atom. The van der Waals surface area contributed by atoms with Crippen LogP contribution < -0.4 is 10.6 Å². The van der Waals surface area contributed by atoms with Crippen molar-refractivity contribution in [1.82, 2.24) is 10.6 Å². The maximum Gasteiger partial charge on any atom is 0.223 e. The summed E-state index contributed by atoms with van der Waals surface area (Å²) in [5.74, 6) is -1.93. The maximum atomic E-state index is 13.7. The van der Waals surface area contributed by atoms with Crippen LogP contribution in [0.2, 0.25) is 0 Å². The standard InChI is InChI=1S/C15H20F2N2O/c1-9-8-11(6-7-18-9)15(20)19-10(2)12-4-3-5-13(16)14(12)17/h3-5,9-11,18H,6-8H2,1-2H3,(H,19,20)/t9-,10?,11-/m0/s1. The second kappa shape index (κ2) is 6.31. The Morgan fingerprint density at radius 2 is 2.20 bits per heavy atom. The lowest BCUT2D eigenvalue weighted by atomic mass is 9.92. The Balaban J connectivity index is 2.02. The van der Waals surface area contributed by atoms with Crippen LogP contribution in [0, 0.1) is 17.6 Å². The monoisotopic (exact) mass is 282 g/mol. The van der Waals surface area contributed by atoms with Crippen LogP contribution in [0.1, 0.15) is 38.3 Å². The molecule has 3 atom stereocenters. The van der Waals surface area contributed by atoms with E-state index in [1.165, 1.54) is 12.1 Å². The Bertz CT molecular complexity index is 493. The zero-order valence-electron chi connectivity index (χ0n) is 11.7. The number of rotatable bonds is 3. The van der Waals surface area contributed by atoms with Gasteiger partial charge >= 0.3 is 0 Å². The van der Waals surface area contributed by atoms with Gasteiger partial charge < -0.3 is 10.6 Å². The van der Waals surface area contributed by atoms with Gasteiger partial charge in [0, 0.05) is 17.5 Å². The molecule has 1 aliphatic heterocycles. The number of halogens is 2. The van der Waals surface area contributed by atoms with Gasteiger partial charge in [-0.15, -0.1) is 0 Å². The smallest absolute Gasteiger partial charge is 0.223 e. The zero-order valence-corrected chi connectivity index (χ0v) is 11.7. The van der Waals surface area contributed by atoms with E-state index in [2.05, 4.69) is 10.6 Å². The molecule has 1 fully saturated rings. The first-order chi connectivity index (χ1) is 9.49. The Kier molecular flexibility index (Phi) is 4.70. The molecule has 3 nitrogen and oxygen atoms in total. The van der Waals surface area contributed by atoms with E-state index in [9.17, 15) is 13.6 Å². The van der Waals surface area contributed by atoms with Crippen molar-refractivity contribution in [2.75, 3.05) is 6.54 Å². The highest BCUT2D eigenvalue weighted by Crippen LogP contribution is 2.21. The van der Waals surface area contributed by atoms with Gasteiger partial charge in [0.2, 0.25) is 5.91 Å². The maximum absolute atomic E-state index is 13.7. The molecule has 0 aliphatic carbocycles. The second-order valence-corrected chi connectivity index (χ2v) is 5.45. The number of carbonyl (C=O) groups is 1. The van der Waals surface area contributed by atoms with E-state index in [1.54, 1.807) is 6.92 Å².